The van der Waals surface area contributed by atoms with Gasteiger partial charge in [0.25, 0.3) is 11.7 Å². The average molecular weight is 464 g/mol. The second-order valence-corrected chi connectivity index (χ2v) is 9.45. The maximum Gasteiger partial charge on any atom is 0.295 e. The molecule has 1 aliphatic carbocycles. The number of likely N-dealkylation sites (tertiary alicyclic amines) is 1. The largest absolute Gasteiger partial charge is 0.507 e. The van der Waals surface area contributed by atoms with Gasteiger partial charge < -0.3 is 19.5 Å². The van der Waals surface area contributed by atoms with Crippen molar-refractivity contribution in [2.45, 2.75) is 64.5 Å². The van der Waals surface area contributed by atoms with Gasteiger partial charge in [-0.25, -0.2) is 0 Å². The number of nitrogens with zero attached hydrogens (tertiary/aromatic N) is 1. The van der Waals surface area contributed by atoms with Crippen molar-refractivity contribution in [1.82, 2.24) is 4.90 Å². The number of carbonyl (C=O) groups is 2. The van der Waals surface area contributed by atoms with Gasteiger partial charge in [0.1, 0.15) is 17.3 Å². The van der Waals surface area contributed by atoms with Crippen LogP contribution >= 0.6 is 0 Å². The standard InChI is InChI=1S/C28H33NO5/c1-16(2)20-15-21(17(3)14-23(20)34-5)26(30)24-25(19-12-8-9-13-22(19)33-4)29(28(32)27(24)31)18-10-6-7-11-18/h8-9,12-16,18,25,30H,6-7,10-11H2,1-5H3/b26-24+. The van der Waals surface area contributed by atoms with E-state index in [0.29, 0.717) is 16.9 Å². The van der Waals surface area contributed by atoms with E-state index in [4.69, 9.17) is 9.47 Å². The minimum absolute atomic E-state index is 0.0418. The number of amides is 1. The first kappa shape index (κ1) is 23.9. The van der Waals surface area contributed by atoms with Crippen molar-refractivity contribution in [3.63, 3.8) is 0 Å². The molecule has 1 unspecified atom stereocenters. The number of aliphatic hydroxyl groups excluding tert-OH is 1. The van der Waals surface area contributed by atoms with Crippen molar-refractivity contribution in [3.8, 4) is 11.5 Å². The molecule has 0 spiro atoms. The predicted octanol–water partition coefficient (Wildman–Crippen LogP) is 5.50. The molecule has 6 heteroatoms. The minimum Gasteiger partial charge on any atom is -0.507 e. The van der Waals surface area contributed by atoms with Gasteiger partial charge in [0.05, 0.1) is 25.8 Å². The Kier molecular flexibility index (Phi) is 6.69. The van der Waals surface area contributed by atoms with Gasteiger partial charge in [-0.3, -0.25) is 9.59 Å². The molecule has 1 aliphatic heterocycles. The Balaban J connectivity index is 1.97. The summed E-state index contributed by atoms with van der Waals surface area (Å²) in [7, 11) is 3.19. The first-order valence-electron chi connectivity index (χ1n) is 11.9. The fourth-order valence-corrected chi connectivity index (χ4v) is 5.33. The summed E-state index contributed by atoms with van der Waals surface area (Å²) in [5, 5.41) is 11.6. The third kappa shape index (κ3) is 3.95. The Morgan fingerprint density at radius 2 is 1.68 bits per heavy atom. The van der Waals surface area contributed by atoms with E-state index in [-0.39, 0.29) is 23.3 Å². The van der Waals surface area contributed by atoms with Crippen LogP contribution in [0.4, 0.5) is 0 Å². The van der Waals surface area contributed by atoms with Crippen LogP contribution in [-0.4, -0.2) is 42.0 Å². The van der Waals surface area contributed by atoms with Crippen LogP contribution in [0.3, 0.4) is 0 Å². The lowest BCUT2D eigenvalue weighted by atomic mass is 9.90. The first-order chi connectivity index (χ1) is 16.3. The Morgan fingerprint density at radius 1 is 1.03 bits per heavy atom. The lowest BCUT2D eigenvalue weighted by molar-refractivity contribution is -0.141. The number of carbonyl (C=O) groups excluding carboxylic acids is 2. The molecule has 2 aromatic carbocycles. The molecule has 1 atom stereocenters. The first-order valence-corrected chi connectivity index (χ1v) is 11.9. The average Bonchev–Trinajstić information content (AvgIpc) is 3.44. The van der Waals surface area contributed by atoms with Gasteiger partial charge in [0, 0.05) is 17.2 Å². The van der Waals surface area contributed by atoms with E-state index in [1.54, 1.807) is 19.1 Å². The molecule has 2 aliphatic rings. The van der Waals surface area contributed by atoms with Gasteiger partial charge in [0.2, 0.25) is 0 Å². The Bertz CT molecular complexity index is 1140. The van der Waals surface area contributed by atoms with E-state index < -0.39 is 17.7 Å². The number of hydrogen-bond donors (Lipinski definition) is 1. The number of hydrogen-bond acceptors (Lipinski definition) is 5. The van der Waals surface area contributed by atoms with Crippen LogP contribution in [0.2, 0.25) is 0 Å². The summed E-state index contributed by atoms with van der Waals surface area (Å²) < 4.78 is 11.2. The molecule has 0 radical (unpaired) electrons. The summed E-state index contributed by atoms with van der Waals surface area (Å²) in [6.45, 7) is 5.96. The molecule has 1 saturated heterocycles. The van der Waals surface area contributed by atoms with E-state index in [2.05, 4.69) is 0 Å². The minimum atomic E-state index is -0.705. The molecule has 1 saturated carbocycles. The van der Waals surface area contributed by atoms with Crippen LogP contribution < -0.4 is 9.47 Å². The summed E-state index contributed by atoms with van der Waals surface area (Å²) >= 11 is 0. The molecular formula is C28H33NO5. The SMILES string of the molecule is COc1cc(C)c(/C(O)=C2\C(=O)C(=O)N(C3CCCC3)C2c2ccccc2OC)cc1C(C)C. The highest BCUT2D eigenvalue weighted by atomic mass is 16.5. The highest BCUT2D eigenvalue weighted by Crippen LogP contribution is 2.46. The van der Waals surface area contributed by atoms with E-state index in [9.17, 15) is 14.7 Å². The molecule has 1 amide bonds. The van der Waals surface area contributed by atoms with Gasteiger partial charge >= 0.3 is 0 Å². The van der Waals surface area contributed by atoms with E-state index in [1.807, 2.05) is 57.2 Å². The summed E-state index contributed by atoms with van der Waals surface area (Å²) in [5.41, 5.74) is 3.05. The van der Waals surface area contributed by atoms with Crippen molar-refractivity contribution in [3.05, 3.63) is 64.2 Å². The molecule has 34 heavy (non-hydrogen) atoms. The normalized spacial score (nSPS) is 20.4. The maximum absolute atomic E-state index is 13.4. The predicted molar refractivity (Wildman–Crippen MR) is 131 cm³/mol. The molecule has 1 heterocycles. The second-order valence-electron chi connectivity index (χ2n) is 9.45. The molecule has 2 fully saturated rings. The molecule has 2 aromatic rings. The van der Waals surface area contributed by atoms with Gasteiger partial charge in [-0.1, -0.05) is 44.9 Å². The van der Waals surface area contributed by atoms with Crippen molar-refractivity contribution in [2.24, 2.45) is 0 Å². The van der Waals surface area contributed by atoms with Crippen molar-refractivity contribution < 1.29 is 24.2 Å². The molecular weight excluding hydrogens is 430 g/mol. The van der Waals surface area contributed by atoms with Crippen LogP contribution in [0.15, 0.2) is 42.0 Å². The number of para-hydroxylation sites is 1. The topological polar surface area (TPSA) is 76.1 Å². The van der Waals surface area contributed by atoms with Gasteiger partial charge in [0.15, 0.2) is 0 Å². The lowest BCUT2D eigenvalue weighted by Gasteiger charge is -2.31. The number of ether oxygens (including phenoxy) is 2. The number of ketones is 1. The fraction of sp³-hybridized carbons (Fsp3) is 0.429. The monoisotopic (exact) mass is 463 g/mol. The molecule has 0 bridgehead atoms. The van der Waals surface area contributed by atoms with Crippen molar-refractivity contribution in [1.29, 1.82) is 0 Å². The van der Waals surface area contributed by atoms with Crippen LogP contribution in [-0.2, 0) is 9.59 Å². The number of rotatable bonds is 6. The fourth-order valence-electron chi connectivity index (χ4n) is 5.33. The highest BCUT2D eigenvalue weighted by molar-refractivity contribution is 6.46. The lowest BCUT2D eigenvalue weighted by Crippen LogP contribution is -2.37. The zero-order valence-corrected chi connectivity index (χ0v) is 20.6. The number of methoxy groups -OCH3 is 2. The van der Waals surface area contributed by atoms with Crippen LogP contribution in [0.5, 0.6) is 11.5 Å². The highest BCUT2D eigenvalue weighted by Gasteiger charge is 2.50. The molecule has 4 rings (SSSR count). The van der Waals surface area contributed by atoms with Crippen LogP contribution in [0.25, 0.3) is 5.76 Å². The number of benzene rings is 2. The number of aliphatic hydroxyl groups is 1. The van der Waals surface area contributed by atoms with Crippen LogP contribution in [0.1, 0.15) is 73.7 Å². The Hall–Kier alpha value is -3.28. The zero-order valence-electron chi connectivity index (χ0n) is 20.6. The van der Waals surface area contributed by atoms with Crippen molar-refractivity contribution >= 4 is 17.4 Å². The zero-order chi connectivity index (χ0) is 24.6. The van der Waals surface area contributed by atoms with Gasteiger partial charge in [-0.05, 0) is 55.0 Å². The summed E-state index contributed by atoms with van der Waals surface area (Å²) in [6.07, 6.45) is 3.72. The molecule has 6 nitrogen and oxygen atoms in total. The van der Waals surface area contributed by atoms with Gasteiger partial charge in [-0.15, -0.1) is 0 Å². The second kappa shape index (κ2) is 9.53. The number of aryl methyl sites for hydroxylation is 1. The summed E-state index contributed by atoms with van der Waals surface area (Å²) in [5.74, 6) is 0.0976. The molecule has 180 valence electrons. The van der Waals surface area contributed by atoms with E-state index >= 15 is 0 Å². The van der Waals surface area contributed by atoms with Crippen LogP contribution in [0, 0.1) is 6.92 Å². The van der Waals surface area contributed by atoms with E-state index in [0.717, 1.165) is 42.6 Å². The smallest absolute Gasteiger partial charge is 0.295 e. The van der Waals surface area contributed by atoms with Crippen molar-refractivity contribution in [2.75, 3.05) is 14.2 Å². The summed E-state index contributed by atoms with van der Waals surface area (Å²) in [6, 6.07) is 10.4. The van der Waals surface area contributed by atoms with E-state index in [1.165, 1.54) is 0 Å². The maximum atomic E-state index is 13.4. The third-order valence-electron chi connectivity index (χ3n) is 7.09. The summed E-state index contributed by atoms with van der Waals surface area (Å²) in [4.78, 5) is 28.5. The van der Waals surface area contributed by atoms with Gasteiger partial charge in [-0.2, -0.15) is 0 Å². The number of Topliss-reactive ketones (excluding diaryl/α,β-unsaturated/α-hetero) is 1. The third-order valence-corrected chi connectivity index (χ3v) is 7.09. The molecule has 0 aromatic heterocycles. The molecule has 1 N–H and O–H groups in total. The quantitative estimate of drug-likeness (QED) is 0.348. The Morgan fingerprint density at radius 3 is 2.29 bits per heavy atom. The Labute approximate surface area is 201 Å².